The van der Waals surface area contributed by atoms with Crippen LogP contribution in [0.1, 0.15) is 15.9 Å². The Bertz CT molecular complexity index is 1600. The molecule has 0 radical (unpaired) electrons. The first-order valence-corrected chi connectivity index (χ1v) is 9.56. The number of hydrogen-bond donors (Lipinski definition) is 1. The zero-order valence-corrected chi connectivity index (χ0v) is 16.1. The van der Waals surface area contributed by atoms with Crippen LogP contribution in [0, 0.1) is 0 Å². The van der Waals surface area contributed by atoms with E-state index in [-0.39, 0.29) is 33.4 Å². The smallest absolute Gasteiger partial charge is 0.269 e. The molecule has 2 heterocycles. The van der Waals surface area contributed by atoms with Gasteiger partial charge in [-0.15, -0.1) is 0 Å². The van der Waals surface area contributed by atoms with Gasteiger partial charge in [-0.3, -0.25) is 14.4 Å². The standard InChI is InChI=1S/C25H15NO5/c27-20-12-6-4-10-16(20)22(28)18-14-19-23(29)17-11-5-7-13-21(17)31-25(19)26(24(18)30)15-8-2-1-3-9-15/h1-14,27H. The van der Waals surface area contributed by atoms with Gasteiger partial charge in [0.15, 0.2) is 0 Å². The predicted octanol–water partition coefficient (Wildman–Crippen LogP) is 4.03. The minimum Gasteiger partial charge on any atom is -0.507 e. The number of ketones is 1. The van der Waals surface area contributed by atoms with Gasteiger partial charge in [-0.2, -0.15) is 0 Å². The van der Waals surface area contributed by atoms with Crippen molar-refractivity contribution in [2.24, 2.45) is 0 Å². The molecule has 5 aromatic rings. The quantitative estimate of drug-likeness (QED) is 0.359. The first-order valence-electron chi connectivity index (χ1n) is 9.56. The van der Waals surface area contributed by atoms with Crippen LogP contribution in [0.5, 0.6) is 5.75 Å². The van der Waals surface area contributed by atoms with Gasteiger partial charge in [-0.05, 0) is 42.5 Å². The van der Waals surface area contributed by atoms with Crippen molar-refractivity contribution in [1.82, 2.24) is 4.57 Å². The second kappa shape index (κ2) is 7.11. The summed E-state index contributed by atoms with van der Waals surface area (Å²) < 4.78 is 7.18. The van der Waals surface area contributed by atoms with Crippen LogP contribution in [-0.4, -0.2) is 15.5 Å². The van der Waals surface area contributed by atoms with Gasteiger partial charge in [0.1, 0.15) is 11.3 Å². The van der Waals surface area contributed by atoms with Gasteiger partial charge in [0, 0.05) is 0 Å². The van der Waals surface area contributed by atoms with Crippen LogP contribution >= 0.6 is 0 Å². The fraction of sp³-hybridized carbons (Fsp3) is 0. The normalized spacial score (nSPS) is 11.1. The second-order valence-electron chi connectivity index (χ2n) is 7.03. The number of benzene rings is 3. The first kappa shape index (κ1) is 18.6. The monoisotopic (exact) mass is 409 g/mol. The molecular formula is C25H15NO5. The number of aromatic hydroxyl groups is 1. The molecule has 0 aliphatic carbocycles. The Morgan fingerprint density at radius 2 is 1.45 bits per heavy atom. The molecular weight excluding hydrogens is 394 g/mol. The van der Waals surface area contributed by atoms with E-state index in [1.807, 2.05) is 0 Å². The van der Waals surface area contributed by atoms with E-state index in [9.17, 15) is 19.5 Å². The number of pyridine rings is 1. The third kappa shape index (κ3) is 2.93. The van der Waals surface area contributed by atoms with Gasteiger partial charge in [-0.25, -0.2) is 4.57 Å². The van der Waals surface area contributed by atoms with Crippen LogP contribution in [0.4, 0.5) is 0 Å². The maximum atomic E-state index is 13.5. The lowest BCUT2D eigenvalue weighted by molar-refractivity contribution is 0.103. The highest BCUT2D eigenvalue weighted by Gasteiger charge is 2.23. The molecule has 6 heteroatoms. The number of carbonyl (C=O) groups is 1. The van der Waals surface area contributed by atoms with Crippen molar-refractivity contribution in [3.05, 3.63) is 117 Å². The highest BCUT2D eigenvalue weighted by Crippen LogP contribution is 2.24. The Hall–Kier alpha value is -4.45. The molecule has 0 saturated carbocycles. The Morgan fingerprint density at radius 1 is 0.774 bits per heavy atom. The van der Waals surface area contributed by atoms with Gasteiger partial charge in [0.05, 0.1) is 27.6 Å². The van der Waals surface area contributed by atoms with Crippen molar-refractivity contribution < 1.29 is 14.3 Å². The summed E-state index contributed by atoms with van der Waals surface area (Å²) in [5, 5.41) is 10.6. The van der Waals surface area contributed by atoms with Crippen LogP contribution in [0.15, 0.2) is 98.9 Å². The summed E-state index contributed by atoms with van der Waals surface area (Å²) in [6, 6.07) is 22.6. The second-order valence-corrected chi connectivity index (χ2v) is 7.03. The molecule has 3 aromatic carbocycles. The van der Waals surface area contributed by atoms with E-state index in [4.69, 9.17) is 4.42 Å². The van der Waals surface area contributed by atoms with Crippen LogP contribution in [0.3, 0.4) is 0 Å². The minimum atomic E-state index is -0.678. The van der Waals surface area contributed by atoms with Gasteiger partial charge < -0.3 is 9.52 Å². The summed E-state index contributed by atoms with van der Waals surface area (Å²) in [4.78, 5) is 39.9. The number of phenols is 1. The Labute approximate surface area is 175 Å². The van der Waals surface area contributed by atoms with Crippen molar-refractivity contribution in [1.29, 1.82) is 0 Å². The summed E-state index contributed by atoms with van der Waals surface area (Å²) in [6.07, 6.45) is 0. The lowest BCUT2D eigenvalue weighted by Gasteiger charge is -2.12. The number of nitrogens with zero attached hydrogens (tertiary/aromatic N) is 1. The van der Waals surface area contributed by atoms with Crippen LogP contribution in [0.2, 0.25) is 0 Å². The van der Waals surface area contributed by atoms with Crippen molar-refractivity contribution in [3.8, 4) is 11.4 Å². The van der Waals surface area contributed by atoms with Gasteiger partial charge in [0.2, 0.25) is 16.9 Å². The average molecular weight is 409 g/mol. The van der Waals surface area contributed by atoms with Crippen molar-refractivity contribution in [2.75, 3.05) is 0 Å². The van der Waals surface area contributed by atoms with Crippen LogP contribution < -0.4 is 11.0 Å². The van der Waals surface area contributed by atoms with Crippen molar-refractivity contribution in [3.63, 3.8) is 0 Å². The van der Waals surface area contributed by atoms with Crippen molar-refractivity contribution in [2.45, 2.75) is 0 Å². The third-order valence-electron chi connectivity index (χ3n) is 5.15. The van der Waals surface area contributed by atoms with Gasteiger partial charge >= 0.3 is 0 Å². The highest BCUT2D eigenvalue weighted by molar-refractivity contribution is 6.11. The Balaban J connectivity index is 1.94. The highest BCUT2D eigenvalue weighted by atomic mass is 16.3. The lowest BCUT2D eigenvalue weighted by atomic mass is 10.0. The number of aromatic nitrogens is 1. The van der Waals surface area contributed by atoms with Crippen LogP contribution in [0.25, 0.3) is 27.8 Å². The number of hydrogen-bond acceptors (Lipinski definition) is 5. The third-order valence-corrected chi connectivity index (χ3v) is 5.15. The predicted molar refractivity (Wildman–Crippen MR) is 117 cm³/mol. The van der Waals surface area contributed by atoms with Crippen LogP contribution in [-0.2, 0) is 0 Å². The molecule has 2 aromatic heterocycles. The topological polar surface area (TPSA) is 89.5 Å². The fourth-order valence-corrected chi connectivity index (χ4v) is 3.64. The lowest BCUT2D eigenvalue weighted by Crippen LogP contribution is -2.27. The molecule has 0 atom stereocenters. The number of carbonyl (C=O) groups excluding carboxylic acids is 1. The van der Waals surface area contributed by atoms with E-state index in [0.29, 0.717) is 16.7 Å². The maximum absolute atomic E-state index is 13.5. The molecule has 0 bridgehead atoms. The maximum Gasteiger partial charge on any atom is 0.269 e. The summed E-state index contributed by atoms with van der Waals surface area (Å²) in [5.74, 6) is -0.925. The number of phenolic OH excluding ortho intramolecular Hbond substituents is 1. The van der Waals surface area contributed by atoms with E-state index in [0.717, 1.165) is 0 Å². The molecule has 6 nitrogen and oxygen atoms in total. The van der Waals surface area contributed by atoms with Gasteiger partial charge in [0.25, 0.3) is 5.56 Å². The Kier molecular flexibility index (Phi) is 4.26. The molecule has 0 aliphatic heterocycles. The minimum absolute atomic E-state index is 0.0243. The summed E-state index contributed by atoms with van der Waals surface area (Å²) in [6.45, 7) is 0. The van der Waals surface area contributed by atoms with Crippen molar-refractivity contribution >= 4 is 27.9 Å². The molecule has 0 spiro atoms. The molecule has 0 unspecified atom stereocenters. The zero-order chi connectivity index (χ0) is 21.5. The fourth-order valence-electron chi connectivity index (χ4n) is 3.64. The molecule has 0 amide bonds. The number of para-hydroxylation sites is 3. The van der Waals surface area contributed by atoms with E-state index in [1.54, 1.807) is 66.7 Å². The zero-order valence-electron chi connectivity index (χ0n) is 16.1. The van der Waals surface area contributed by atoms with E-state index >= 15 is 0 Å². The summed E-state index contributed by atoms with van der Waals surface area (Å²) in [5.41, 5.74) is -0.428. The van der Waals surface area contributed by atoms with Gasteiger partial charge in [-0.1, -0.05) is 42.5 Å². The molecule has 0 fully saturated rings. The number of rotatable bonds is 3. The first-order chi connectivity index (χ1) is 15.1. The van der Waals surface area contributed by atoms with E-state index in [2.05, 4.69) is 0 Å². The molecule has 0 aliphatic rings. The summed E-state index contributed by atoms with van der Waals surface area (Å²) in [7, 11) is 0. The average Bonchev–Trinajstić information content (AvgIpc) is 2.79. The molecule has 1 N–H and O–H groups in total. The van der Waals surface area contributed by atoms with E-state index < -0.39 is 11.3 Å². The van der Waals surface area contributed by atoms with E-state index in [1.165, 1.54) is 22.8 Å². The SMILES string of the molecule is O=C(c1ccccc1O)c1cc2c(=O)c3ccccc3oc2n(-c2ccccc2)c1=O. The molecule has 31 heavy (non-hydrogen) atoms. The summed E-state index contributed by atoms with van der Waals surface area (Å²) >= 11 is 0. The number of fused-ring (bicyclic) bond motifs is 2. The molecule has 150 valence electrons. The molecule has 0 saturated heterocycles. The Morgan fingerprint density at radius 3 is 2.23 bits per heavy atom. The molecule has 5 rings (SSSR count). The largest absolute Gasteiger partial charge is 0.507 e.